The van der Waals surface area contributed by atoms with E-state index < -0.39 is 12.1 Å². The molecule has 0 radical (unpaired) electrons. The van der Waals surface area contributed by atoms with E-state index in [4.69, 9.17) is 18.6 Å². The third-order valence-electron chi connectivity index (χ3n) is 4.73. The average molecular weight is 396 g/mol. The lowest BCUT2D eigenvalue weighted by molar-refractivity contribution is -0.150. The first-order chi connectivity index (χ1) is 13.8. The molecule has 0 amide bonds. The predicted molar refractivity (Wildman–Crippen MR) is 111 cm³/mol. The minimum absolute atomic E-state index is 0.0218. The maximum absolute atomic E-state index is 13.3. The van der Waals surface area contributed by atoms with E-state index in [1.165, 1.54) is 0 Å². The van der Waals surface area contributed by atoms with Crippen LogP contribution in [0.25, 0.3) is 22.3 Å². The minimum atomic E-state index is -0.959. The Morgan fingerprint density at radius 3 is 2.38 bits per heavy atom. The van der Waals surface area contributed by atoms with Gasteiger partial charge in [-0.2, -0.15) is 0 Å². The monoisotopic (exact) mass is 396 g/mol. The van der Waals surface area contributed by atoms with Gasteiger partial charge in [-0.15, -0.1) is 0 Å². The molecule has 0 saturated heterocycles. The smallest absolute Gasteiger partial charge is 0.347 e. The minimum Gasteiger partial charge on any atom is -0.497 e. The number of carbonyl (C=O) groups excluding carboxylic acids is 1. The molecule has 0 saturated carbocycles. The lowest BCUT2D eigenvalue weighted by atomic mass is 10.0. The number of hydrogen-bond acceptors (Lipinski definition) is 6. The van der Waals surface area contributed by atoms with Crippen LogP contribution in [0, 0.1) is 13.8 Å². The first-order valence-corrected chi connectivity index (χ1v) is 9.41. The molecule has 0 aliphatic rings. The van der Waals surface area contributed by atoms with E-state index in [1.54, 1.807) is 51.3 Å². The van der Waals surface area contributed by atoms with Gasteiger partial charge in [0.05, 0.1) is 19.1 Å². The van der Waals surface area contributed by atoms with Crippen molar-refractivity contribution >= 4 is 16.9 Å². The zero-order valence-corrected chi connectivity index (χ0v) is 17.2. The summed E-state index contributed by atoms with van der Waals surface area (Å²) in [7, 11) is 1.58. The van der Waals surface area contributed by atoms with Crippen molar-refractivity contribution < 1.29 is 23.4 Å². The van der Waals surface area contributed by atoms with Crippen molar-refractivity contribution in [2.24, 2.45) is 0 Å². The Morgan fingerprint density at radius 1 is 1.10 bits per heavy atom. The summed E-state index contributed by atoms with van der Waals surface area (Å²) in [6.45, 7) is 7.35. The van der Waals surface area contributed by atoms with Crippen molar-refractivity contribution in [2.45, 2.75) is 33.8 Å². The molecule has 0 bridgehead atoms. The fourth-order valence-electron chi connectivity index (χ4n) is 2.96. The van der Waals surface area contributed by atoms with Crippen LogP contribution in [0.2, 0.25) is 0 Å². The molecule has 152 valence electrons. The molecule has 2 aromatic carbocycles. The molecule has 0 aliphatic heterocycles. The molecule has 3 rings (SSSR count). The highest BCUT2D eigenvalue weighted by Crippen LogP contribution is 2.33. The van der Waals surface area contributed by atoms with E-state index in [-0.39, 0.29) is 23.5 Å². The highest BCUT2D eigenvalue weighted by molar-refractivity contribution is 5.84. The van der Waals surface area contributed by atoms with Gasteiger partial charge in [0.2, 0.25) is 11.2 Å². The summed E-state index contributed by atoms with van der Waals surface area (Å²) in [4.78, 5) is 25.3. The van der Waals surface area contributed by atoms with Gasteiger partial charge in [-0.25, -0.2) is 4.79 Å². The Morgan fingerprint density at radius 2 is 1.76 bits per heavy atom. The molecule has 0 unspecified atom stereocenters. The molecule has 1 heterocycles. The molecule has 3 aromatic rings. The highest BCUT2D eigenvalue weighted by atomic mass is 16.6. The summed E-state index contributed by atoms with van der Waals surface area (Å²) >= 11 is 0. The fraction of sp³-hybridized carbons (Fsp3) is 0.304. The average Bonchev–Trinajstić information content (AvgIpc) is 2.71. The van der Waals surface area contributed by atoms with Crippen molar-refractivity contribution in [3.63, 3.8) is 0 Å². The molecular weight excluding hydrogens is 372 g/mol. The molecule has 29 heavy (non-hydrogen) atoms. The second-order valence-electron chi connectivity index (χ2n) is 6.76. The number of methoxy groups -OCH3 is 1. The zero-order chi connectivity index (χ0) is 21.1. The van der Waals surface area contributed by atoms with Crippen molar-refractivity contribution in [3.8, 4) is 22.8 Å². The van der Waals surface area contributed by atoms with Gasteiger partial charge < -0.3 is 18.6 Å². The van der Waals surface area contributed by atoms with E-state index >= 15 is 0 Å². The number of esters is 1. The summed E-state index contributed by atoms with van der Waals surface area (Å²) in [5.41, 5.74) is 2.73. The summed E-state index contributed by atoms with van der Waals surface area (Å²) < 4.78 is 22.1. The molecular formula is C23H24O6. The van der Waals surface area contributed by atoms with Crippen LogP contribution in [-0.4, -0.2) is 25.8 Å². The summed E-state index contributed by atoms with van der Waals surface area (Å²) in [5.74, 6) is 0.356. The third-order valence-corrected chi connectivity index (χ3v) is 4.73. The topological polar surface area (TPSA) is 75.0 Å². The van der Waals surface area contributed by atoms with Gasteiger partial charge in [0.15, 0.2) is 11.9 Å². The number of rotatable bonds is 6. The molecule has 6 heteroatoms. The standard InChI is InChI=1S/C23H24O6/c1-6-27-23(25)15(4)28-22-20(24)18-11-13(2)14(3)12-19(18)29-21(22)16-7-9-17(26-5)10-8-16/h7-12,15H,6H2,1-5H3/t15-/m1/s1. The van der Waals surface area contributed by atoms with Gasteiger partial charge in [-0.3, -0.25) is 4.79 Å². The van der Waals surface area contributed by atoms with Gasteiger partial charge in [0, 0.05) is 5.56 Å². The summed E-state index contributed by atoms with van der Waals surface area (Å²) in [6.07, 6.45) is -0.959. The van der Waals surface area contributed by atoms with Crippen LogP contribution in [0.3, 0.4) is 0 Å². The first-order valence-electron chi connectivity index (χ1n) is 9.41. The number of fused-ring (bicyclic) bond motifs is 1. The highest BCUT2D eigenvalue weighted by Gasteiger charge is 2.24. The van der Waals surface area contributed by atoms with Crippen LogP contribution >= 0.6 is 0 Å². The van der Waals surface area contributed by atoms with Crippen molar-refractivity contribution in [1.82, 2.24) is 0 Å². The van der Waals surface area contributed by atoms with E-state index in [9.17, 15) is 9.59 Å². The molecule has 1 atom stereocenters. The number of hydrogen-bond donors (Lipinski definition) is 0. The Hall–Kier alpha value is -3.28. The largest absolute Gasteiger partial charge is 0.497 e. The molecule has 0 fully saturated rings. The maximum atomic E-state index is 13.3. The molecule has 0 N–H and O–H groups in total. The van der Waals surface area contributed by atoms with Crippen molar-refractivity contribution in [2.75, 3.05) is 13.7 Å². The lowest BCUT2D eigenvalue weighted by Crippen LogP contribution is -2.28. The van der Waals surface area contributed by atoms with Gasteiger partial charge in [0.25, 0.3) is 0 Å². The van der Waals surface area contributed by atoms with E-state index in [0.29, 0.717) is 22.3 Å². The number of benzene rings is 2. The predicted octanol–water partition coefficient (Wildman–Crippen LogP) is 4.42. The quantitative estimate of drug-likeness (QED) is 0.575. The van der Waals surface area contributed by atoms with Crippen LogP contribution in [0.1, 0.15) is 25.0 Å². The molecule has 6 nitrogen and oxygen atoms in total. The Bertz CT molecular complexity index is 1100. The number of carbonyl (C=O) groups is 1. The normalized spacial score (nSPS) is 11.9. The molecule has 0 spiro atoms. The van der Waals surface area contributed by atoms with E-state index in [1.807, 2.05) is 19.9 Å². The van der Waals surface area contributed by atoms with Gasteiger partial charge in [-0.05, 0) is 75.2 Å². The van der Waals surface area contributed by atoms with Gasteiger partial charge in [-0.1, -0.05) is 0 Å². The Balaban J connectivity index is 2.21. The maximum Gasteiger partial charge on any atom is 0.347 e. The summed E-state index contributed by atoms with van der Waals surface area (Å²) in [5, 5.41) is 0.399. The van der Waals surface area contributed by atoms with Crippen LogP contribution in [0.4, 0.5) is 0 Å². The number of ether oxygens (including phenoxy) is 3. The Kier molecular flexibility index (Phi) is 5.92. The number of aryl methyl sites for hydroxylation is 2. The van der Waals surface area contributed by atoms with Crippen LogP contribution in [0.5, 0.6) is 11.5 Å². The van der Waals surface area contributed by atoms with Gasteiger partial charge >= 0.3 is 5.97 Å². The summed E-state index contributed by atoms with van der Waals surface area (Å²) in [6, 6.07) is 10.7. The van der Waals surface area contributed by atoms with Crippen molar-refractivity contribution in [1.29, 1.82) is 0 Å². The molecule has 1 aromatic heterocycles. The second-order valence-corrected chi connectivity index (χ2v) is 6.76. The SMILES string of the molecule is CCOC(=O)[C@@H](C)Oc1c(-c2ccc(OC)cc2)oc2cc(C)c(C)cc2c1=O. The van der Waals surface area contributed by atoms with Gasteiger partial charge in [0.1, 0.15) is 11.3 Å². The van der Waals surface area contributed by atoms with E-state index in [0.717, 1.165) is 11.1 Å². The Labute approximate surface area is 169 Å². The molecule has 0 aliphatic carbocycles. The van der Waals surface area contributed by atoms with Crippen molar-refractivity contribution in [3.05, 3.63) is 57.7 Å². The second kappa shape index (κ2) is 8.39. The van der Waals surface area contributed by atoms with Crippen LogP contribution in [0.15, 0.2) is 45.6 Å². The zero-order valence-electron chi connectivity index (χ0n) is 17.2. The third kappa shape index (κ3) is 4.11. The van der Waals surface area contributed by atoms with Crippen LogP contribution < -0.4 is 14.9 Å². The fourth-order valence-corrected chi connectivity index (χ4v) is 2.96. The first kappa shape index (κ1) is 20.5. The van der Waals surface area contributed by atoms with E-state index in [2.05, 4.69) is 0 Å². The van der Waals surface area contributed by atoms with Crippen LogP contribution in [-0.2, 0) is 9.53 Å². The lowest BCUT2D eigenvalue weighted by Gasteiger charge is -2.16.